The molecule has 9 nitrogen and oxygen atoms in total. The van der Waals surface area contributed by atoms with E-state index < -0.39 is 11.4 Å². The first kappa shape index (κ1) is 19.6. The number of likely N-dealkylation sites (N-methyl/N-ethyl adjacent to an activating group) is 1. The van der Waals surface area contributed by atoms with Gasteiger partial charge in [0.15, 0.2) is 0 Å². The van der Waals surface area contributed by atoms with Gasteiger partial charge in [-0.15, -0.1) is 5.10 Å². The number of amides is 1. The zero-order valence-corrected chi connectivity index (χ0v) is 17.6. The van der Waals surface area contributed by atoms with Gasteiger partial charge in [-0.3, -0.25) is 9.48 Å². The van der Waals surface area contributed by atoms with Crippen LogP contribution < -0.4 is 10.2 Å². The molecule has 0 bridgehead atoms. The molecule has 1 aliphatic carbocycles. The maximum atomic E-state index is 12.8. The number of aryl methyl sites for hydroxylation is 2. The summed E-state index contributed by atoms with van der Waals surface area (Å²) in [5, 5.41) is 11.7. The molecule has 2 aromatic heterocycles. The monoisotopic (exact) mass is 399 g/mol. The first-order valence-corrected chi connectivity index (χ1v) is 10.1. The van der Waals surface area contributed by atoms with Gasteiger partial charge in [-0.25, -0.2) is 9.67 Å². The van der Waals surface area contributed by atoms with Crippen LogP contribution in [0, 0.1) is 18.3 Å². The highest BCUT2D eigenvalue weighted by atomic mass is 16.2. The average Bonchev–Trinajstić information content (AvgIpc) is 3.22. The van der Waals surface area contributed by atoms with Crippen LogP contribution in [0.2, 0.25) is 0 Å². The van der Waals surface area contributed by atoms with E-state index in [1.165, 1.54) is 0 Å². The van der Waals surface area contributed by atoms with Gasteiger partial charge in [-0.05, 0) is 37.5 Å². The summed E-state index contributed by atoms with van der Waals surface area (Å²) in [5.74, 6) is 1.19. The van der Waals surface area contributed by atoms with E-state index in [0.29, 0.717) is 30.8 Å². The summed E-state index contributed by atoms with van der Waals surface area (Å²) in [5.41, 5.74) is 0.322. The van der Waals surface area contributed by atoms with Crippen molar-refractivity contribution in [2.45, 2.75) is 58.7 Å². The molecule has 3 heterocycles. The van der Waals surface area contributed by atoms with Crippen LogP contribution >= 0.6 is 0 Å². The van der Waals surface area contributed by atoms with Crippen molar-refractivity contribution in [1.82, 2.24) is 29.9 Å². The van der Waals surface area contributed by atoms with E-state index in [0.717, 1.165) is 37.2 Å². The van der Waals surface area contributed by atoms with Crippen molar-refractivity contribution in [3.63, 3.8) is 0 Å². The van der Waals surface area contributed by atoms with Crippen molar-refractivity contribution < 1.29 is 9.59 Å². The highest BCUT2D eigenvalue weighted by molar-refractivity contribution is 5.93. The molecule has 0 radical (unpaired) electrons. The Bertz CT molecular complexity index is 923. The number of carbonyl (C=O) groups is 2. The fourth-order valence-electron chi connectivity index (χ4n) is 4.79. The SMILES string of the molecule is Cc1cc2n(n1)CC[C@](C=O)(NC(=O)c1ncn(CC3CC(C)(C)C3)n1)CN2C. The van der Waals surface area contributed by atoms with Crippen molar-refractivity contribution in [3.05, 3.63) is 23.9 Å². The zero-order valence-electron chi connectivity index (χ0n) is 17.6. The van der Waals surface area contributed by atoms with Crippen LogP contribution in [0.1, 0.15) is 49.4 Å². The molecular formula is C20H29N7O2. The topological polar surface area (TPSA) is 97.9 Å². The van der Waals surface area contributed by atoms with Crippen LogP contribution in [-0.4, -0.2) is 55.9 Å². The van der Waals surface area contributed by atoms with E-state index in [-0.39, 0.29) is 5.82 Å². The summed E-state index contributed by atoms with van der Waals surface area (Å²) in [7, 11) is 1.90. The standard InChI is InChI=1S/C20H29N7O2/c1-14-7-16-25(4)11-20(12-28,5-6-27(16)23-14)22-18(29)17-21-13-26(24-17)10-15-8-19(2,3)9-15/h7,12-13,15H,5-6,8-11H2,1-4H3,(H,22,29)/t20-/m0/s1. The summed E-state index contributed by atoms with van der Waals surface area (Å²) >= 11 is 0. The van der Waals surface area contributed by atoms with Crippen molar-refractivity contribution >= 4 is 18.0 Å². The molecule has 156 valence electrons. The van der Waals surface area contributed by atoms with Crippen LogP contribution in [0.4, 0.5) is 5.82 Å². The maximum Gasteiger partial charge on any atom is 0.291 e. The number of nitrogens with zero attached hydrogens (tertiary/aromatic N) is 6. The molecule has 1 saturated carbocycles. The van der Waals surface area contributed by atoms with Gasteiger partial charge in [0.05, 0.1) is 5.69 Å². The Kier molecular flexibility index (Phi) is 4.71. The van der Waals surface area contributed by atoms with Crippen LogP contribution in [-0.2, 0) is 17.9 Å². The van der Waals surface area contributed by atoms with Crippen molar-refractivity contribution in [2.75, 3.05) is 18.5 Å². The molecule has 1 aliphatic heterocycles. The fraction of sp³-hybridized carbons (Fsp3) is 0.650. The van der Waals surface area contributed by atoms with E-state index in [1.807, 2.05) is 29.6 Å². The van der Waals surface area contributed by atoms with E-state index in [4.69, 9.17) is 0 Å². The Labute approximate surface area is 170 Å². The molecule has 1 atom stereocenters. The molecule has 2 aromatic rings. The molecule has 1 amide bonds. The van der Waals surface area contributed by atoms with Crippen LogP contribution in [0.3, 0.4) is 0 Å². The third-order valence-corrected chi connectivity index (χ3v) is 6.02. The molecule has 0 unspecified atom stereocenters. The van der Waals surface area contributed by atoms with Crippen molar-refractivity contribution in [1.29, 1.82) is 0 Å². The Morgan fingerprint density at radius 2 is 2.10 bits per heavy atom. The number of aldehydes is 1. The van der Waals surface area contributed by atoms with Gasteiger partial charge in [0.2, 0.25) is 5.82 Å². The van der Waals surface area contributed by atoms with Gasteiger partial charge in [0.25, 0.3) is 5.91 Å². The van der Waals surface area contributed by atoms with E-state index >= 15 is 0 Å². The van der Waals surface area contributed by atoms with Crippen molar-refractivity contribution in [2.24, 2.45) is 11.3 Å². The Hall–Kier alpha value is -2.71. The molecule has 4 rings (SSSR count). The van der Waals surface area contributed by atoms with Crippen LogP contribution in [0.25, 0.3) is 0 Å². The summed E-state index contributed by atoms with van der Waals surface area (Å²) < 4.78 is 3.61. The van der Waals surface area contributed by atoms with Gasteiger partial charge >= 0.3 is 0 Å². The second-order valence-electron chi connectivity index (χ2n) is 9.43. The molecule has 2 aliphatic rings. The lowest BCUT2D eigenvalue weighted by Crippen LogP contribution is -2.56. The lowest BCUT2D eigenvalue weighted by molar-refractivity contribution is -0.113. The molecule has 29 heavy (non-hydrogen) atoms. The van der Waals surface area contributed by atoms with Crippen LogP contribution in [0.15, 0.2) is 12.4 Å². The molecule has 9 heteroatoms. The summed E-state index contributed by atoms with van der Waals surface area (Å²) in [6.45, 7) is 8.15. The Balaban J connectivity index is 1.43. The number of rotatable bonds is 5. The third kappa shape index (κ3) is 3.90. The Morgan fingerprint density at radius 1 is 1.34 bits per heavy atom. The fourth-order valence-corrected chi connectivity index (χ4v) is 4.79. The van der Waals surface area contributed by atoms with Crippen molar-refractivity contribution in [3.8, 4) is 0 Å². The minimum absolute atomic E-state index is 0.102. The minimum Gasteiger partial charge on any atom is -0.357 e. The van der Waals surface area contributed by atoms with Gasteiger partial charge in [0.1, 0.15) is 24.0 Å². The van der Waals surface area contributed by atoms with Gasteiger partial charge in [0, 0.05) is 32.7 Å². The van der Waals surface area contributed by atoms with Crippen LogP contribution in [0.5, 0.6) is 0 Å². The van der Waals surface area contributed by atoms with Gasteiger partial charge in [-0.2, -0.15) is 5.10 Å². The van der Waals surface area contributed by atoms with Gasteiger partial charge < -0.3 is 15.0 Å². The van der Waals surface area contributed by atoms with Gasteiger partial charge in [-0.1, -0.05) is 13.8 Å². The molecule has 1 fully saturated rings. The molecule has 0 spiro atoms. The number of hydrogen-bond donors (Lipinski definition) is 1. The molecule has 1 N–H and O–H groups in total. The zero-order chi connectivity index (χ0) is 20.8. The largest absolute Gasteiger partial charge is 0.357 e. The van der Waals surface area contributed by atoms with E-state index in [1.54, 1.807) is 11.0 Å². The second kappa shape index (κ2) is 6.96. The quantitative estimate of drug-likeness (QED) is 0.764. The highest BCUT2D eigenvalue weighted by Gasteiger charge is 2.38. The number of aromatic nitrogens is 5. The lowest BCUT2D eigenvalue weighted by atomic mass is 9.64. The van der Waals surface area contributed by atoms with E-state index in [2.05, 4.69) is 34.3 Å². The number of anilines is 1. The normalized spacial score (nSPS) is 23.8. The summed E-state index contributed by atoms with van der Waals surface area (Å²) in [4.78, 5) is 30.9. The minimum atomic E-state index is -1.01. The first-order chi connectivity index (χ1) is 13.7. The smallest absolute Gasteiger partial charge is 0.291 e. The second-order valence-corrected chi connectivity index (χ2v) is 9.43. The molecule has 0 aromatic carbocycles. The highest BCUT2D eigenvalue weighted by Crippen LogP contribution is 2.45. The number of carbonyl (C=O) groups excluding carboxylic acids is 2. The molecule has 0 saturated heterocycles. The average molecular weight is 399 g/mol. The predicted molar refractivity (Wildman–Crippen MR) is 108 cm³/mol. The predicted octanol–water partition coefficient (Wildman–Crippen LogP) is 1.43. The maximum absolute atomic E-state index is 12.8. The summed E-state index contributed by atoms with van der Waals surface area (Å²) in [6, 6.07) is 1.98. The Morgan fingerprint density at radius 3 is 2.79 bits per heavy atom. The number of fused-ring (bicyclic) bond motifs is 1. The molecular weight excluding hydrogens is 370 g/mol. The first-order valence-electron chi connectivity index (χ1n) is 10.1. The number of hydrogen-bond acceptors (Lipinski definition) is 6. The van der Waals surface area contributed by atoms with E-state index in [9.17, 15) is 9.59 Å². The number of nitrogens with one attached hydrogen (secondary N) is 1. The third-order valence-electron chi connectivity index (χ3n) is 6.02. The summed E-state index contributed by atoms with van der Waals surface area (Å²) in [6.07, 6.45) is 5.20. The lowest BCUT2D eigenvalue weighted by Gasteiger charge is -2.42.